The molecule has 0 aromatic heterocycles. The third-order valence-electron chi connectivity index (χ3n) is 4.53. The topological polar surface area (TPSA) is 32.6 Å². The molecule has 0 atom stereocenters. The molecular weight excluding hydrogens is 354 g/mol. The van der Waals surface area contributed by atoms with E-state index in [9.17, 15) is 5.11 Å². The number of rotatable bonds is 6. The van der Waals surface area contributed by atoms with Crippen molar-refractivity contribution in [3.8, 4) is 16.9 Å². The SMILES string of the molecule is C=C(Cl)/N=C(/CCc1ccccc1O)c1c(C)cccc1-c1ccccc1. The van der Waals surface area contributed by atoms with Crippen LogP contribution in [-0.2, 0) is 6.42 Å². The van der Waals surface area contributed by atoms with Crippen molar-refractivity contribution in [2.45, 2.75) is 19.8 Å². The Balaban J connectivity index is 2.04. The average molecular weight is 376 g/mol. The first-order valence-corrected chi connectivity index (χ1v) is 9.28. The molecule has 3 rings (SSSR count). The molecule has 0 amide bonds. The summed E-state index contributed by atoms with van der Waals surface area (Å²) in [6, 6.07) is 23.9. The highest BCUT2D eigenvalue weighted by molar-refractivity contribution is 6.30. The summed E-state index contributed by atoms with van der Waals surface area (Å²) in [5.74, 6) is 0.301. The van der Waals surface area contributed by atoms with Crippen LogP contribution in [0.5, 0.6) is 5.75 Å². The molecule has 0 aliphatic rings. The number of phenolic OH excluding ortho intramolecular Hbond substituents is 1. The van der Waals surface area contributed by atoms with Crippen molar-refractivity contribution in [2.24, 2.45) is 4.99 Å². The molecule has 0 aliphatic carbocycles. The second kappa shape index (κ2) is 8.70. The number of aliphatic imine (C=N–C) groups is 1. The summed E-state index contributed by atoms with van der Waals surface area (Å²) in [6.07, 6.45) is 1.31. The lowest BCUT2D eigenvalue weighted by molar-refractivity contribution is 0.468. The second-order valence-corrected chi connectivity index (χ2v) is 6.86. The minimum absolute atomic E-state index is 0.254. The number of hydrogen-bond acceptors (Lipinski definition) is 2. The van der Waals surface area contributed by atoms with Crippen LogP contribution in [0.25, 0.3) is 11.1 Å². The van der Waals surface area contributed by atoms with Crippen LogP contribution < -0.4 is 0 Å². The highest BCUT2D eigenvalue weighted by Gasteiger charge is 2.15. The highest BCUT2D eigenvalue weighted by Crippen LogP contribution is 2.29. The number of aromatic hydroxyl groups is 1. The second-order valence-electron chi connectivity index (χ2n) is 6.43. The molecule has 0 bridgehead atoms. The van der Waals surface area contributed by atoms with E-state index in [4.69, 9.17) is 11.6 Å². The van der Waals surface area contributed by atoms with Crippen molar-refractivity contribution in [1.82, 2.24) is 0 Å². The molecule has 136 valence electrons. The van der Waals surface area contributed by atoms with Gasteiger partial charge in [0.05, 0.1) is 5.71 Å². The third-order valence-corrected chi connectivity index (χ3v) is 4.61. The molecule has 0 saturated carbocycles. The quantitative estimate of drug-likeness (QED) is 0.387. The zero-order valence-corrected chi connectivity index (χ0v) is 16.1. The lowest BCUT2D eigenvalue weighted by Crippen LogP contribution is -2.08. The van der Waals surface area contributed by atoms with Gasteiger partial charge in [0.25, 0.3) is 0 Å². The maximum atomic E-state index is 10.1. The fourth-order valence-corrected chi connectivity index (χ4v) is 3.37. The molecule has 3 heteroatoms. The molecule has 0 aliphatic heterocycles. The van der Waals surface area contributed by atoms with Gasteiger partial charge in [-0.3, -0.25) is 0 Å². The lowest BCUT2D eigenvalue weighted by Gasteiger charge is -2.16. The monoisotopic (exact) mass is 375 g/mol. The summed E-state index contributed by atoms with van der Waals surface area (Å²) >= 11 is 6.05. The van der Waals surface area contributed by atoms with Crippen molar-refractivity contribution in [3.63, 3.8) is 0 Å². The smallest absolute Gasteiger partial charge is 0.122 e. The minimum atomic E-state index is 0.254. The van der Waals surface area contributed by atoms with Gasteiger partial charge in [-0.15, -0.1) is 0 Å². The largest absolute Gasteiger partial charge is 0.508 e. The van der Waals surface area contributed by atoms with Crippen molar-refractivity contribution in [2.75, 3.05) is 0 Å². The number of aryl methyl sites for hydroxylation is 2. The van der Waals surface area contributed by atoms with Gasteiger partial charge in [0.1, 0.15) is 10.9 Å². The molecule has 3 aromatic carbocycles. The van der Waals surface area contributed by atoms with E-state index in [0.717, 1.165) is 33.5 Å². The van der Waals surface area contributed by atoms with Crippen LogP contribution in [0.3, 0.4) is 0 Å². The number of benzene rings is 3. The van der Waals surface area contributed by atoms with E-state index < -0.39 is 0 Å². The van der Waals surface area contributed by atoms with Crippen molar-refractivity contribution < 1.29 is 5.11 Å². The predicted molar refractivity (Wildman–Crippen MR) is 115 cm³/mol. The number of para-hydroxylation sites is 1. The maximum Gasteiger partial charge on any atom is 0.122 e. The van der Waals surface area contributed by atoms with Crippen LogP contribution in [-0.4, -0.2) is 10.8 Å². The number of nitrogens with zero attached hydrogens (tertiary/aromatic N) is 1. The van der Waals surface area contributed by atoms with Gasteiger partial charge in [-0.05, 0) is 48.1 Å². The van der Waals surface area contributed by atoms with E-state index in [1.807, 2.05) is 36.4 Å². The third kappa shape index (κ3) is 4.66. The Labute approximate surface area is 165 Å². The molecule has 1 N–H and O–H groups in total. The van der Waals surface area contributed by atoms with E-state index >= 15 is 0 Å². The summed E-state index contributed by atoms with van der Waals surface area (Å²) in [7, 11) is 0. The van der Waals surface area contributed by atoms with Gasteiger partial charge in [-0.25, -0.2) is 4.99 Å². The van der Waals surface area contributed by atoms with Gasteiger partial charge < -0.3 is 5.11 Å². The van der Waals surface area contributed by atoms with Crippen LogP contribution >= 0.6 is 11.6 Å². The molecule has 27 heavy (non-hydrogen) atoms. The highest BCUT2D eigenvalue weighted by atomic mass is 35.5. The predicted octanol–water partition coefficient (Wildman–Crippen LogP) is 6.50. The lowest BCUT2D eigenvalue weighted by atomic mass is 9.90. The Morgan fingerprint density at radius 2 is 1.67 bits per heavy atom. The molecule has 0 fully saturated rings. The van der Waals surface area contributed by atoms with E-state index in [2.05, 4.69) is 48.8 Å². The molecule has 0 radical (unpaired) electrons. The van der Waals surface area contributed by atoms with Gasteiger partial charge in [0.15, 0.2) is 0 Å². The van der Waals surface area contributed by atoms with E-state index in [1.54, 1.807) is 6.07 Å². The number of hydrogen-bond donors (Lipinski definition) is 1. The van der Waals surface area contributed by atoms with Crippen LogP contribution in [0.4, 0.5) is 0 Å². The standard InChI is InChI=1S/C24H22ClNO/c1-17-9-8-13-21(19-10-4-3-5-11-19)24(17)22(26-18(2)25)16-15-20-12-6-7-14-23(20)27/h3-14,27H,2,15-16H2,1H3/b26-22-. The van der Waals surface area contributed by atoms with Crippen LogP contribution in [0.15, 0.2) is 89.5 Å². The van der Waals surface area contributed by atoms with Gasteiger partial charge in [-0.2, -0.15) is 0 Å². The Morgan fingerprint density at radius 3 is 2.37 bits per heavy atom. The van der Waals surface area contributed by atoms with E-state index in [1.165, 1.54) is 0 Å². The van der Waals surface area contributed by atoms with Crippen LogP contribution in [0.1, 0.15) is 23.1 Å². The molecule has 0 spiro atoms. The van der Waals surface area contributed by atoms with Crippen molar-refractivity contribution in [1.29, 1.82) is 0 Å². The fourth-order valence-electron chi connectivity index (χ4n) is 3.27. The first-order chi connectivity index (χ1) is 13.1. The first kappa shape index (κ1) is 18.9. The summed E-state index contributed by atoms with van der Waals surface area (Å²) in [4.78, 5) is 4.54. The average Bonchev–Trinajstić information content (AvgIpc) is 2.66. The van der Waals surface area contributed by atoms with Crippen LogP contribution in [0, 0.1) is 6.92 Å². The summed E-state index contributed by atoms with van der Waals surface area (Å²) < 4.78 is 0. The van der Waals surface area contributed by atoms with Crippen molar-refractivity contribution >= 4 is 17.3 Å². The Kier molecular flexibility index (Phi) is 6.10. The Bertz CT molecular complexity index is 977. The zero-order chi connectivity index (χ0) is 19.2. The normalized spacial score (nSPS) is 11.4. The van der Waals surface area contributed by atoms with E-state index in [0.29, 0.717) is 18.6 Å². The van der Waals surface area contributed by atoms with Crippen LogP contribution in [0.2, 0.25) is 0 Å². The first-order valence-electron chi connectivity index (χ1n) is 8.90. The van der Waals surface area contributed by atoms with Gasteiger partial charge in [0.2, 0.25) is 0 Å². The number of halogens is 1. The summed E-state index contributed by atoms with van der Waals surface area (Å²) in [6.45, 7) is 5.83. The molecule has 3 aromatic rings. The molecular formula is C24H22ClNO. The van der Waals surface area contributed by atoms with Gasteiger partial charge >= 0.3 is 0 Å². The number of phenols is 1. The Hall–Kier alpha value is -2.84. The summed E-state index contributed by atoms with van der Waals surface area (Å²) in [5, 5.41) is 10.3. The molecule has 0 heterocycles. The van der Waals surface area contributed by atoms with Gasteiger partial charge in [-0.1, -0.05) is 84.9 Å². The minimum Gasteiger partial charge on any atom is -0.508 e. The van der Waals surface area contributed by atoms with Gasteiger partial charge in [0, 0.05) is 5.56 Å². The zero-order valence-electron chi connectivity index (χ0n) is 15.3. The molecule has 0 saturated heterocycles. The molecule has 2 nitrogen and oxygen atoms in total. The maximum absolute atomic E-state index is 10.1. The fraction of sp³-hybridized carbons (Fsp3) is 0.125. The summed E-state index contributed by atoms with van der Waals surface area (Å²) in [5.41, 5.74) is 6.21. The van der Waals surface area contributed by atoms with Crippen molar-refractivity contribution in [3.05, 3.63) is 101 Å². The Morgan fingerprint density at radius 1 is 0.963 bits per heavy atom. The molecule has 0 unspecified atom stereocenters. The van der Waals surface area contributed by atoms with E-state index in [-0.39, 0.29) is 5.16 Å².